The number of hydrogen-bond acceptors (Lipinski definition) is 3. The molecule has 1 aromatic heterocycles. The second-order valence-corrected chi connectivity index (χ2v) is 7.70. The number of nitrogens with zero attached hydrogens (tertiary/aromatic N) is 1. The maximum Gasteiger partial charge on any atom is 0.495 e. The number of aryl methyl sites for hydroxylation is 1. The summed E-state index contributed by atoms with van der Waals surface area (Å²) < 4.78 is 12.4. The lowest BCUT2D eigenvalue weighted by atomic mass is 9.69. The van der Waals surface area contributed by atoms with Gasteiger partial charge < -0.3 is 9.31 Å². The van der Waals surface area contributed by atoms with Gasteiger partial charge in [-0.25, -0.2) is 0 Å². The summed E-state index contributed by atoms with van der Waals surface area (Å²) in [5, 5.41) is 0. The molecular formula is C16H26BNO2. The van der Waals surface area contributed by atoms with Gasteiger partial charge in [0.1, 0.15) is 0 Å². The van der Waals surface area contributed by atoms with Crippen LogP contribution in [0.4, 0.5) is 0 Å². The van der Waals surface area contributed by atoms with Crippen LogP contribution in [0.2, 0.25) is 0 Å². The van der Waals surface area contributed by atoms with Gasteiger partial charge in [-0.1, -0.05) is 20.8 Å². The van der Waals surface area contributed by atoms with Crippen LogP contribution in [0.3, 0.4) is 0 Å². The summed E-state index contributed by atoms with van der Waals surface area (Å²) in [7, 11) is -0.323. The number of rotatable bonds is 1. The van der Waals surface area contributed by atoms with Gasteiger partial charge in [-0.3, -0.25) is 4.98 Å². The average Bonchev–Trinajstić information content (AvgIpc) is 2.46. The molecule has 0 N–H and O–H groups in total. The van der Waals surface area contributed by atoms with Crippen molar-refractivity contribution in [2.75, 3.05) is 0 Å². The predicted octanol–water partition coefficient (Wildman–Crippen LogP) is 2.99. The molecule has 20 heavy (non-hydrogen) atoms. The highest BCUT2D eigenvalue weighted by Crippen LogP contribution is 2.37. The van der Waals surface area contributed by atoms with Crippen molar-refractivity contribution >= 4 is 12.6 Å². The number of aromatic nitrogens is 1. The summed E-state index contributed by atoms with van der Waals surface area (Å²) in [6.07, 6.45) is 1.84. The molecule has 1 aliphatic rings. The van der Waals surface area contributed by atoms with Crippen LogP contribution in [0, 0.1) is 6.92 Å². The van der Waals surface area contributed by atoms with Gasteiger partial charge in [0.2, 0.25) is 0 Å². The molecule has 1 fully saturated rings. The Morgan fingerprint density at radius 3 is 2.00 bits per heavy atom. The number of pyridine rings is 1. The standard InChI is InChI=1S/C16H26BNO2/c1-11-13(14(2,3)4)12(9-10-18-11)17-19-15(5,6)16(7,8)20-17/h9-10H,1-8H3. The van der Waals surface area contributed by atoms with E-state index in [1.807, 2.05) is 12.3 Å². The van der Waals surface area contributed by atoms with Crippen LogP contribution in [-0.4, -0.2) is 23.3 Å². The van der Waals surface area contributed by atoms with E-state index in [1.54, 1.807) is 0 Å². The summed E-state index contributed by atoms with van der Waals surface area (Å²) >= 11 is 0. The third-order valence-electron chi connectivity index (χ3n) is 4.43. The zero-order chi connectivity index (χ0) is 15.3. The van der Waals surface area contributed by atoms with E-state index in [2.05, 4.69) is 60.4 Å². The third-order valence-corrected chi connectivity index (χ3v) is 4.43. The Balaban J connectivity index is 2.49. The topological polar surface area (TPSA) is 31.4 Å². The molecule has 2 rings (SSSR count). The first-order valence-electron chi connectivity index (χ1n) is 7.27. The normalized spacial score (nSPS) is 21.3. The Labute approximate surface area is 123 Å². The monoisotopic (exact) mass is 275 g/mol. The molecule has 110 valence electrons. The van der Waals surface area contributed by atoms with E-state index in [0.717, 1.165) is 11.2 Å². The van der Waals surface area contributed by atoms with Crippen molar-refractivity contribution in [3.05, 3.63) is 23.5 Å². The molecule has 0 unspecified atom stereocenters. The van der Waals surface area contributed by atoms with E-state index in [0.29, 0.717) is 0 Å². The van der Waals surface area contributed by atoms with Crippen LogP contribution < -0.4 is 5.46 Å². The molecule has 0 aromatic carbocycles. The molecule has 0 aliphatic carbocycles. The van der Waals surface area contributed by atoms with Crippen molar-refractivity contribution in [3.63, 3.8) is 0 Å². The van der Waals surface area contributed by atoms with Gasteiger partial charge in [0.05, 0.1) is 11.2 Å². The molecule has 3 nitrogen and oxygen atoms in total. The van der Waals surface area contributed by atoms with Crippen LogP contribution in [-0.2, 0) is 14.7 Å². The molecule has 0 amide bonds. The fourth-order valence-corrected chi connectivity index (χ4v) is 2.73. The maximum absolute atomic E-state index is 6.19. The molecule has 0 bridgehead atoms. The van der Waals surface area contributed by atoms with Crippen LogP contribution in [0.25, 0.3) is 0 Å². The van der Waals surface area contributed by atoms with Crippen molar-refractivity contribution in [2.24, 2.45) is 0 Å². The lowest BCUT2D eigenvalue weighted by Gasteiger charge is -2.32. The van der Waals surface area contributed by atoms with E-state index in [1.165, 1.54) is 5.56 Å². The van der Waals surface area contributed by atoms with Crippen LogP contribution in [0.5, 0.6) is 0 Å². The molecular weight excluding hydrogens is 249 g/mol. The minimum atomic E-state index is -0.323. The van der Waals surface area contributed by atoms with Crippen LogP contribution in [0.15, 0.2) is 12.3 Å². The quantitative estimate of drug-likeness (QED) is 0.738. The minimum absolute atomic E-state index is 0.0112. The zero-order valence-corrected chi connectivity index (χ0v) is 14.0. The highest BCUT2D eigenvalue weighted by molar-refractivity contribution is 6.62. The van der Waals surface area contributed by atoms with Gasteiger partial charge in [-0.05, 0) is 57.1 Å². The van der Waals surface area contributed by atoms with E-state index >= 15 is 0 Å². The van der Waals surface area contributed by atoms with Crippen molar-refractivity contribution in [3.8, 4) is 0 Å². The molecule has 0 radical (unpaired) electrons. The van der Waals surface area contributed by atoms with Crippen LogP contribution >= 0.6 is 0 Å². The summed E-state index contributed by atoms with van der Waals surface area (Å²) in [5.41, 5.74) is 2.75. The van der Waals surface area contributed by atoms with Crippen molar-refractivity contribution in [1.82, 2.24) is 4.98 Å². The third kappa shape index (κ3) is 2.51. The van der Waals surface area contributed by atoms with Gasteiger partial charge >= 0.3 is 7.12 Å². The average molecular weight is 275 g/mol. The SMILES string of the molecule is Cc1nccc(B2OC(C)(C)C(C)(C)O2)c1C(C)(C)C. The molecule has 0 saturated carbocycles. The summed E-state index contributed by atoms with van der Waals surface area (Å²) in [6.45, 7) is 17.0. The molecule has 1 aliphatic heterocycles. The van der Waals surface area contributed by atoms with Gasteiger partial charge in [0.15, 0.2) is 0 Å². The molecule has 4 heteroatoms. The second-order valence-electron chi connectivity index (χ2n) is 7.70. The van der Waals surface area contributed by atoms with E-state index in [9.17, 15) is 0 Å². The molecule has 0 spiro atoms. The lowest BCUT2D eigenvalue weighted by molar-refractivity contribution is 0.00578. The first-order valence-corrected chi connectivity index (χ1v) is 7.27. The summed E-state index contributed by atoms with van der Waals surface area (Å²) in [5.74, 6) is 0. The van der Waals surface area contributed by atoms with Crippen molar-refractivity contribution in [1.29, 1.82) is 0 Å². The van der Waals surface area contributed by atoms with Crippen molar-refractivity contribution < 1.29 is 9.31 Å². The molecule has 2 heterocycles. The highest BCUT2D eigenvalue weighted by Gasteiger charge is 2.52. The zero-order valence-electron chi connectivity index (χ0n) is 14.0. The molecule has 1 aromatic rings. The molecule has 1 saturated heterocycles. The Morgan fingerprint density at radius 1 is 1.05 bits per heavy atom. The maximum atomic E-state index is 6.19. The van der Waals surface area contributed by atoms with E-state index < -0.39 is 0 Å². The Bertz CT molecular complexity index is 502. The highest BCUT2D eigenvalue weighted by atomic mass is 16.7. The van der Waals surface area contributed by atoms with Gasteiger partial charge in [-0.15, -0.1) is 0 Å². The lowest BCUT2D eigenvalue weighted by Crippen LogP contribution is -2.41. The fourth-order valence-electron chi connectivity index (χ4n) is 2.73. The second kappa shape index (κ2) is 4.57. The van der Waals surface area contributed by atoms with Crippen molar-refractivity contribution in [2.45, 2.75) is 72.0 Å². The van der Waals surface area contributed by atoms with E-state index in [-0.39, 0.29) is 23.7 Å². The molecule has 0 atom stereocenters. The Kier molecular flexibility index (Phi) is 3.55. The Morgan fingerprint density at radius 2 is 1.55 bits per heavy atom. The van der Waals surface area contributed by atoms with E-state index in [4.69, 9.17) is 9.31 Å². The first kappa shape index (κ1) is 15.5. The van der Waals surface area contributed by atoms with Gasteiger partial charge in [0, 0.05) is 11.9 Å². The Hall–Kier alpha value is -0.865. The summed E-state index contributed by atoms with van der Waals surface area (Å²) in [6, 6.07) is 2.02. The largest absolute Gasteiger partial charge is 0.495 e. The smallest absolute Gasteiger partial charge is 0.399 e. The van der Waals surface area contributed by atoms with Gasteiger partial charge in [0.25, 0.3) is 0 Å². The van der Waals surface area contributed by atoms with Gasteiger partial charge in [-0.2, -0.15) is 0 Å². The van der Waals surface area contributed by atoms with Crippen LogP contribution in [0.1, 0.15) is 59.7 Å². The number of hydrogen-bond donors (Lipinski definition) is 0. The fraction of sp³-hybridized carbons (Fsp3) is 0.688. The predicted molar refractivity (Wildman–Crippen MR) is 83.4 cm³/mol. The minimum Gasteiger partial charge on any atom is -0.399 e. The summed E-state index contributed by atoms with van der Waals surface area (Å²) in [4.78, 5) is 4.44. The first-order chi connectivity index (χ1) is 8.96.